The first-order chi connectivity index (χ1) is 9.29. The minimum absolute atomic E-state index is 0.468. The van der Waals surface area contributed by atoms with E-state index in [1.807, 2.05) is 11.9 Å². The largest absolute Gasteiger partial charge is 0.417 e. The van der Waals surface area contributed by atoms with Gasteiger partial charge >= 0.3 is 6.18 Å². The van der Waals surface area contributed by atoms with Crippen LogP contribution < -0.4 is 10.6 Å². The maximum absolute atomic E-state index is 13.0. The zero-order valence-electron chi connectivity index (χ0n) is 11.1. The van der Waals surface area contributed by atoms with Gasteiger partial charge in [0.1, 0.15) is 0 Å². The fourth-order valence-corrected chi connectivity index (χ4v) is 2.24. The lowest BCUT2D eigenvalue weighted by Gasteiger charge is -2.34. The molecule has 0 aliphatic carbocycles. The molecule has 1 aliphatic rings. The number of carbonyl (C=O) groups is 1. The van der Waals surface area contributed by atoms with Crippen molar-refractivity contribution in [3.8, 4) is 0 Å². The van der Waals surface area contributed by atoms with Gasteiger partial charge in [-0.25, -0.2) is 0 Å². The number of hydrogen-bond donors (Lipinski definition) is 1. The van der Waals surface area contributed by atoms with Gasteiger partial charge in [-0.1, -0.05) is 0 Å². The van der Waals surface area contributed by atoms with Crippen LogP contribution in [0.5, 0.6) is 0 Å². The van der Waals surface area contributed by atoms with E-state index in [0.29, 0.717) is 18.8 Å². The molecule has 0 unspecified atom stereocenters. The standard InChI is InChI=1S/C13H16F3N3O/c1-18-4-6-19(7-5-18)9-2-3-10(12(17)20)11(8-9)13(14,15)16/h2-3,8H,4-7H2,1H3,(H2,17,20). The van der Waals surface area contributed by atoms with Crippen molar-refractivity contribution in [2.24, 2.45) is 5.73 Å². The summed E-state index contributed by atoms with van der Waals surface area (Å²) in [6.45, 7) is 2.89. The van der Waals surface area contributed by atoms with Crippen LogP contribution in [0.15, 0.2) is 18.2 Å². The number of primary amides is 1. The second-order valence-corrected chi connectivity index (χ2v) is 4.88. The first-order valence-corrected chi connectivity index (χ1v) is 6.23. The number of anilines is 1. The Balaban J connectivity index is 2.35. The van der Waals surface area contributed by atoms with E-state index in [0.717, 1.165) is 25.2 Å². The fraction of sp³-hybridized carbons (Fsp3) is 0.462. The van der Waals surface area contributed by atoms with Crippen molar-refractivity contribution >= 4 is 11.6 Å². The zero-order valence-corrected chi connectivity index (χ0v) is 11.1. The Labute approximate surface area is 114 Å². The molecule has 0 radical (unpaired) electrons. The van der Waals surface area contributed by atoms with E-state index >= 15 is 0 Å². The molecule has 0 bridgehead atoms. The minimum Gasteiger partial charge on any atom is -0.369 e. The molecule has 4 nitrogen and oxygen atoms in total. The van der Waals surface area contributed by atoms with E-state index in [1.54, 1.807) is 0 Å². The second-order valence-electron chi connectivity index (χ2n) is 4.88. The maximum Gasteiger partial charge on any atom is 0.417 e. The molecule has 1 amide bonds. The normalized spacial score (nSPS) is 17.3. The number of benzene rings is 1. The SMILES string of the molecule is CN1CCN(c2ccc(C(N)=O)c(C(F)(F)F)c2)CC1. The molecule has 2 N–H and O–H groups in total. The van der Waals surface area contributed by atoms with E-state index in [2.05, 4.69) is 4.90 Å². The third-order valence-corrected chi connectivity index (χ3v) is 3.44. The highest BCUT2D eigenvalue weighted by molar-refractivity contribution is 5.95. The average molecular weight is 287 g/mol. The third kappa shape index (κ3) is 3.04. The summed E-state index contributed by atoms with van der Waals surface area (Å²) in [4.78, 5) is 15.1. The van der Waals surface area contributed by atoms with Crippen LogP contribution in [0, 0.1) is 0 Å². The molecule has 1 saturated heterocycles. The van der Waals surface area contributed by atoms with Gasteiger partial charge in [-0.15, -0.1) is 0 Å². The molecule has 0 saturated carbocycles. The van der Waals surface area contributed by atoms with E-state index in [4.69, 9.17) is 5.73 Å². The number of nitrogens with two attached hydrogens (primary N) is 1. The molecule has 0 spiro atoms. The molecule has 1 aliphatic heterocycles. The van der Waals surface area contributed by atoms with Crippen LogP contribution in [0.1, 0.15) is 15.9 Å². The molecule has 7 heteroatoms. The van der Waals surface area contributed by atoms with Gasteiger partial charge in [-0.2, -0.15) is 13.2 Å². The predicted octanol–water partition coefficient (Wildman–Crippen LogP) is 1.56. The van der Waals surface area contributed by atoms with Crippen LogP contribution in [0.2, 0.25) is 0 Å². The third-order valence-electron chi connectivity index (χ3n) is 3.44. The van der Waals surface area contributed by atoms with Crippen molar-refractivity contribution in [3.05, 3.63) is 29.3 Å². The van der Waals surface area contributed by atoms with Gasteiger partial charge in [-0.05, 0) is 25.2 Å². The summed E-state index contributed by atoms with van der Waals surface area (Å²) in [5.74, 6) is -1.07. The van der Waals surface area contributed by atoms with Gasteiger partial charge in [0.05, 0.1) is 11.1 Å². The molecule has 1 aromatic rings. The summed E-state index contributed by atoms with van der Waals surface area (Å²) in [5.41, 5.74) is 4.01. The second kappa shape index (κ2) is 5.32. The highest BCUT2D eigenvalue weighted by Gasteiger charge is 2.35. The Morgan fingerprint density at radius 1 is 1.20 bits per heavy atom. The van der Waals surface area contributed by atoms with Crippen molar-refractivity contribution in [2.45, 2.75) is 6.18 Å². The average Bonchev–Trinajstić information content (AvgIpc) is 2.38. The number of halogens is 3. The van der Waals surface area contributed by atoms with Crippen LogP contribution >= 0.6 is 0 Å². The Bertz CT molecular complexity index is 508. The van der Waals surface area contributed by atoms with Crippen molar-refractivity contribution in [2.75, 3.05) is 38.1 Å². The number of amides is 1. The number of piperazine rings is 1. The highest BCUT2D eigenvalue weighted by atomic mass is 19.4. The predicted molar refractivity (Wildman–Crippen MR) is 69.7 cm³/mol. The zero-order chi connectivity index (χ0) is 14.9. The molecule has 110 valence electrons. The molecule has 2 rings (SSSR count). The summed E-state index contributed by atoms with van der Waals surface area (Å²) in [7, 11) is 1.97. The molecule has 0 aromatic heterocycles. The first-order valence-electron chi connectivity index (χ1n) is 6.23. The lowest BCUT2D eigenvalue weighted by molar-refractivity contribution is -0.137. The molecule has 1 aromatic carbocycles. The summed E-state index contributed by atoms with van der Waals surface area (Å²) >= 11 is 0. The monoisotopic (exact) mass is 287 g/mol. The van der Waals surface area contributed by atoms with Gasteiger partial charge in [0, 0.05) is 31.9 Å². The number of rotatable bonds is 2. The molecular weight excluding hydrogens is 271 g/mol. The molecule has 0 atom stereocenters. The molecule has 1 heterocycles. The quantitative estimate of drug-likeness (QED) is 0.898. The maximum atomic E-state index is 13.0. The number of nitrogens with zero attached hydrogens (tertiary/aromatic N) is 2. The van der Waals surface area contributed by atoms with E-state index < -0.39 is 23.2 Å². The van der Waals surface area contributed by atoms with Crippen LogP contribution in [0.3, 0.4) is 0 Å². The van der Waals surface area contributed by atoms with Crippen LogP contribution in [-0.4, -0.2) is 44.0 Å². The topological polar surface area (TPSA) is 49.6 Å². The number of hydrogen-bond acceptors (Lipinski definition) is 3. The van der Waals surface area contributed by atoms with Gasteiger partial charge in [0.25, 0.3) is 0 Å². The summed E-state index contributed by atoms with van der Waals surface area (Å²) in [6, 6.07) is 3.67. The molecular formula is C13H16F3N3O. The van der Waals surface area contributed by atoms with Crippen LogP contribution in [0.25, 0.3) is 0 Å². The van der Waals surface area contributed by atoms with E-state index in [9.17, 15) is 18.0 Å². The Hall–Kier alpha value is -1.76. The van der Waals surface area contributed by atoms with Crippen molar-refractivity contribution in [1.29, 1.82) is 0 Å². The highest BCUT2D eigenvalue weighted by Crippen LogP contribution is 2.34. The van der Waals surface area contributed by atoms with E-state index in [1.165, 1.54) is 6.07 Å². The Morgan fingerprint density at radius 3 is 2.30 bits per heavy atom. The van der Waals surface area contributed by atoms with Gasteiger partial charge in [0.15, 0.2) is 0 Å². The first kappa shape index (κ1) is 14.6. The lowest BCUT2D eigenvalue weighted by atomic mass is 10.0. The Kier molecular flexibility index (Phi) is 3.89. The van der Waals surface area contributed by atoms with Crippen molar-refractivity contribution in [1.82, 2.24) is 4.90 Å². The smallest absolute Gasteiger partial charge is 0.369 e. The number of carbonyl (C=O) groups excluding carboxylic acids is 1. The molecule has 20 heavy (non-hydrogen) atoms. The van der Waals surface area contributed by atoms with Crippen molar-refractivity contribution < 1.29 is 18.0 Å². The van der Waals surface area contributed by atoms with Gasteiger partial charge in [0.2, 0.25) is 5.91 Å². The van der Waals surface area contributed by atoms with Crippen LogP contribution in [0.4, 0.5) is 18.9 Å². The van der Waals surface area contributed by atoms with Gasteiger partial charge < -0.3 is 15.5 Å². The number of likely N-dealkylation sites (N-methyl/N-ethyl adjacent to an activating group) is 1. The van der Waals surface area contributed by atoms with Crippen LogP contribution in [-0.2, 0) is 6.18 Å². The summed E-state index contributed by atoms with van der Waals surface area (Å²) in [5, 5.41) is 0. The summed E-state index contributed by atoms with van der Waals surface area (Å²) < 4.78 is 39.0. The van der Waals surface area contributed by atoms with Gasteiger partial charge in [-0.3, -0.25) is 4.79 Å². The Morgan fingerprint density at radius 2 is 1.80 bits per heavy atom. The molecule has 1 fully saturated rings. The lowest BCUT2D eigenvalue weighted by Crippen LogP contribution is -2.44. The summed E-state index contributed by atoms with van der Waals surface area (Å²) in [6.07, 6.45) is -4.59. The van der Waals surface area contributed by atoms with Crippen molar-refractivity contribution in [3.63, 3.8) is 0 Å². The minimum atomic E-state index is -4.59. The van der Waals surface area contributed by atoms with E-state index in [-0.39, 0.29) is 0 Å². The number of alkyl halides is 3. The fourth-order valence-electron chi connectivity index (χ4n) is 2.24.